The molecule has 1 aromatic rings. The van der Waals surface area contributed by atoms with Crippen molar-refractivity contribution in [2.45, 2.75) is 18.9 Å². The van der Waals surface area contributed by atoms with Crippen LogP contribution >= 0.6 is 0 Å². The Bertz CT molecular complexity index is 308. The number of fused-ring (bicyclic) bond motifs is 1. The highest BCUT2D eigenvalue weighted by Crippen LogP contribution is 2.21. The Morgan fingerprint density at radius 3 is 2.31 bits per heavy atom. The maximum absolute atomic E-state index is 7.13. The van der Waals surface area contributed by atoms with Gasteiger partial charge in [-0.15, -0.1) is 0 Å². The van der Waals surface area contributed by atoms with Crippen molar-refractivity contribution >= 4 is 5.96 Å². The minimum Gasteiger partial charge on any atom is -0.370 e. The average Bonchev–Trinajstić information content (AvgIpc) is 2.44. The Hall–Kier alpha value is -1.51. The lowest BCUT2D eigenvalue weighted by molar-refractivity contribution is 0.638. The topological polar surface area (TPSA) is 61.9 Å². The first kappa shape index (κ1) is 8.10. The maximum Gasteiger partial charge on any atom is 0.185 e. The van der Waals surface area contributed by atoms with Gasteiger partial charge in [0.05, 0.1) is 0 Å². The summed E-state index contributed by atoms with van der Waals surface area (Å²) in [5.41, 5.74) is 8.03. The van der Waals surface area contributed by atoms with Gasteiger partial charge in [0.15, 0.2) is 5.96 Å². The molecule has 0 radical (unpaired) electrons. The molecular formula is C10H13N3. The Labute approximate surface area is 77.5 Å². The van der Waals surface area contributed by atoms with Gasteiger partial charge in [-0.05, 0) is 24.0 Å². The van der Waals surface area contributed by atoms with Crippen LogP contribution in [0.3, 0.4) is 0 Å². The third-order valence-corrected chi connectivity index (χ3v) is 2.41. The van der Waals surface area contributed by atoms with E-state index in [0.29, 0.717) is 6.04 Å². The van der Waals surface area contributed by atoms with Gasteiger partial charge >= 0.3 is 0 Å². The molecule has 1 aliphatic carbocycles. The van der Waals surface area contributed by atoms with Crippen molar-refractivity contribution in [1.29, 1.82) is 5.41 Å². The number of rotatable bonds is 1. The molecular weight excluding hydrogens is 162 g/mol. The van der Waals surface area contributed by atoms with Crippen molar-refractivity contribution in [3.05, 3.63) is 35.4 Å². The molecule has 1 aromatic carbocycles. The zero-order valence-electron chi connectivity index (χ0n) is 7.38. The van der Waals surface area contributed by atoms with Crippen LogP contribution in [0.5, 0.6) is 0 Å². The number of hydrogen-bond donors (Lipinski definition) is 3. The molecule has 0 aromatic heterocycles. The van der Waals surface area contributed by atoms with Gasteiger partial charge in [0.2, 0.25) is 0 Å². The first-order chi connectivity index (χ1) is 6.25. The van der Waals surface area contributed by atoms with Crippen molar-refractivity contribution in [2.75, 3.05) is 0 Å². The average molecular weight is 175 g/mol. The van der Waals surface area contributed by atoms with Gasteiger partial charge in [-0.25, -0.2) is 0 Å². The summed E-state index contributed by atoms with van der Waals surface area (Å²) in [7, 11) is 0. The van der Waals surface area contributed by atoms with Gasteiger partial charge in [-0.2, -0.15) is 0 Å². The largest absolute Gasteiger partial charge is 0.370 e. The summed E-state index contributed by atoms with van der Waals surface area (Å²) >= 11 is 0. The van der Waals surface area contributed by atoms with Crippen LogP contribution in [0.2, 0.25) is 0 Å². The second-order valence-electron chi connectivity index (χ2n) is 3.43. The lowest BCUT2D eigenvalue weighted by Gasteiger charge is -2.10. The quantitative estimate of drug-likeness (QED) is 0.433. The number of benzene rings is 1. The van der Waals surface area contributed by atoms with Gasteiger partial charge in [-0.1, -0.05) is 24.3 Å². The van der Waals surface area contributed by atoms with Crippen molar-refractivity contribution in [3.63, 3.8) is 0 Å². The molecule has 13 heavy (non-hydrogen) atoms. The number of guanidine groups is 1. The van der Waals surface area contributed by atoms with Crippen LogP contribution in [-0.4, -0.2) is 12.0 Å². The lowest BCUT2D eigenvalue weighted by atomic mass is 10.1. The zero-order chi connectivity index (χ0) is 9.26. The molecule has 4 N–H and O–H groups in total. The molecule has 0 amide bonds. The summed E-state index contributed by atoms with van der Waals surface area (Å²) in [5, 5.41) is 10.1. The van der Waals surface area contributed by atoms with E-state index in [1.165, 1.54) is 11.1 Å². The Morgan fingerprint density at radius 2 is 1.85 bits per heavy atom. The number of hydrogen-bond acceptors (Lipinski definition) is 1. The fourth-order valence-corrected chi connectivity index (χ4v) is 1.88. The van der Waals surface area contributed by atoms with Gasteiger partial charge in [0.25, 0.3) is 0 Å². The first-order valence-electron chi connectivity index (χ1n) is 4.43. The third-order valence-electron chi connectivity index (χ3n) is 2.41. The fourth-order valence-electron chi connectivity index (χ4n) is 1.88. The molecule has 0 atom stereocenters. The van der Waals surface area contributed by atoms with E-state index in [1.807, 2.05) is 0 Å². The highest BCUT2D eigenvalue weighted by atomic mass is 15.1. The molecule has 0 bridgehead atoms. The van der Waals surface area contributed by atoms with E-state index in [2.05, 4.69) is 29.6 Å². The Balaban J connectivity index is 2.09. The highest BCUT2D eigenvalue weighted by Gasteiger charge is 2.20. The van der Waals surface area contributed by atoms with Crippen molar-refractivity contribution in [1.82, 2.24) is 5.32 Å². The third kappa shape index (κ3) is 1.64. The van der Waals surface area contributed by atoms with Crippen molar-refractivity contribution in [3.8, 4) is 0 Å². The van der Waals surface area contributed by atoms with E-state index < -0.39 is 0 Å². The van der Waals surface area contributed by atoms with Gasteiger partial charge in [0.1, 0.15) is 0 Å². The predicted octanol–water partition coefficient (Wildman–Crippen LogP) is 0.637. The zero-order valence-corrected chi connectivity index (χ0v) is 7.38. The molecule has 3 nitrogen and oxygen atoms in total. The number of nitrogens with two attached hydrogens (primary N) is 1. The molecule has 0 aliphatic heterocycles. The lowest BCUT2D eigenvalue weighted by Crippen LogP contribution is -2.39. The van der Waals surface area contributed by atoms with Crippen molar-refractivity contribution in [2.24, 2.45) is 5.73 Å². The fraction of sp³-hybridized carbons (Fsp3) is 0.300. The van der Waals surface area contributed by atoms with Crippen LogP contribution in [0, 0.1) is 5.41 Å². The standard InChI is InChI=1S/C10H13N3/c11-10(12)13-9-5-7-3-1-2-4-8(7)6-9/h1-4,9H,5-6H2,(H4,11,12,13). The molecule has 2 rings (SSSR count). The number of nitrogens with one attached hydrogen (secondary N) is 2. The van der Waals surface area contributed by atoms with E-state index in [1.54, 1.807) is 0 Å². The molecule has 1 aliphatic rings. The first-order valence-corrected chi connectivity index (χ1v) is 4.43. The van der Waals surface area contributed by atoms with Crippen LogP contribution in [0.1, 0.15) is 11.1 Å². The molecule has 0 saturated heterocycles. The van der Waals surface area contributed by atoms with Crippen LogP contribution in [-0.2, 0) is 12.8 Å². The summed E-state index contributed by atoms with van der Waals surface area (Å²) in [6.07, 6.45) is 1.96. The summed E-state index contributed by atoms with van der Waals surface area (Å²) in [4.78, 5) is 0. The smallest absolute Gasteiger partial charge is 0.185 e. The van der Waals surface area contributed by atoms with E-state index in [9.17, 15) is 0 Å². The molecule has 0 fully saturated rings. The van der Waals surface area contributed by atoms with E-state index in [0.717, 1.165) is 12.8 Å². The minimum atomic E-state index is 0.0674. The van der Waals surface area contributed by atoms with Crippen LogP contribution in [0.4, 0.5) is 0 Å². The van der Waals surface area contributed by atoms with E-state index in [-0.39, 0.29) is 5.96 Å². The summed E-state index contributed by atoms with van der Waals surface area (Å²) in [6, 6.07) is 8.69. The SMILES string of the molecule is N=C(N)NC1Cc2ccccc2C1. The normalized spacial score (nSPS) is 15.4. The second kappa shape index (κ2) is 3.09. The summed E-state index contributed by atoms with van der Waals surface area (Å²) in [5.74, 6) is 0.0674. The molecule has 0 unspecified atom stereocenters. The Kier molecular flexibility index (Phi) is 1.93. The van der Waals surface area contributed by atoms with E-state index in [4.69, 9.17) is 11.1 Å². The molecule has 0 spiro atoms. The molecule has 0 heterocycles. The van der Waals surface area contributed by atoms with Crippen LogP contribution in [0.25, 0.3) is 0 Å². The molecule has 0 saturated carbocycles. The molecule has 68 valence electrons. The monoisotopic (exact) mass is 175 g/mol. The van der Waals surface area contributed by atoms with Gasteiger partial charge < -0.3 is 11.1 Å². The van der Waals surface area contributed by atoms with Crippen LogP contribution < -0.4 is 11.1 Å². The second-order valence-corrected chi connectivity index (χ2v) is 3.43. The summed E-state index contributed by atoms with van der Waals surface area (Å²) in [6.45, 7) is 0. The van der Waals surface area contributed by atoms with Crippen LogP contribution in [0.15, 0.2) is 24.3 Å². The van der Waals surface area contributed by atoms with Crippen molar-refractivity contribution < 1.29 is 0 Å². The Morgan fingerprint density at radius 1 is 1.31 bits per heavy atom. The van der Waals surface area contributed by atoms with Gasteiger partial charge in [0, 0.05) is 6.04 Å². The summed E-state index contributed by atoms with van der Waals surface area (Å²) < 4.78 is 0. The maximum atomic E-state index is 7.13. The minimum absolute atomic E-state index is 0.0674. The highest BCUT2D eigenvalue weighted by molar-refractivity contribution is 5.74. The van der Waals surface area contributed by atoms with Gasteiger partial charge in [-0.3, -0.25) is 5.41 Å². The molecule has 3 heteroatoms. The van der Waals surface area contributed by atoms with E-state index >= 15 is 0 Å². The predicted molar refractivity (Wildman–Crippen MR) is 52.7 cm³/mol.